The predicted molar refractivity (Wildman–Crippen MR) is 145 cm³/mol. The first-order chi connectivity index (χ1) is 17.9. The van der Waals surface area contributed by atoms with Gasteiger partial charge in [0, 0.05) is 6.08 Å². The molecule has 0 aliphatic carbocycles. The van der Waals surface area contributed by atoms with Gasteiger partial charge in [0.1, 0.15) is 11.5 Å². The van der Waals surface area contributed by atoms with E-state index in [2.05, 4.69) is 5.32 Å². The first-order valence-electron chi connectivity index (χ1n) is 11.5. The van der Waals surface area contributed by atoms with Gasteiger partial charge in [0.15, 0.2) is 5.78 Å². The smallest absolute Gasteiger partial charge is 0.414 e. The van der Waals surface area contributed by atoms with Gasteiger partial charge in [-0.3, -0.25) is 15.9 Å². The van der Waals surface area contributed by atoms with Gasteiger partial charge in [-0.1, -0.05) is 78.9 Å². The Labute approximate surface area is 215 Å². The minimum Gasteiger partial charge on any atom is -0.414 e. The van der Waals surface area contributed by atoms with Crippen LogP contribution in [-0.2, 0) is 9.36 Å². The fourth-order valence-corrected chi connectivity index (χ4v) is 5.40. The number of para-hydroxylation sites is 2. The Morgan fingerprint density at radius 3 is 1.76 bits per heavy atom. The lowest BCUT2D eigenvalue weighted by atomic mass is 10.1. The summed E-state index contributed by atoms with van der Waals surface area (Å²) in [5.74, 6) is -0.832. The molecule has 8 heteroatoms. The van der Waals surface area contributed by atoms with Crippen LogP contribution >= 0.6 is 7.60 Å². The van der Waals surface area contributed by atoms with Crippen molar-refractivity contribution >= 4 is 25.4 Å². The highest BCUT2D eigenvalue weighted by molar-refractivity contribution is 7.55. The largest absolute Gasteiger partial charge is 0.457 e. The van der Waals surface area contributed by atoms with E-state index in [0.29, 0.717) is 22.6 Å². The predicted octanol–water partition coefficient (Wildman–Crippen LogP) is 4.33. The zero-order valence-electron chi connectivity index (χ0n) is 19.9. The molecule has 0 saturated carbocycles. The lowest BCUT2D eigenvalue weighted by Crippen LogP contribution is -2.46. The molecule has 4 rings (SSSR count). The van der Waals surface area contributed by atoms with Crippen LogP contribution in [0.2, 0.25) is 0 Å². The van der Waals surface area contributed by atoms with Crippen LogP contribution in [0.1, 0.15) is 22.5 Å². The number of benzene rings is 4. The van der Waals surface area contributed by atoms with Crippen LogP contribution in [0.25, 0.3) is 6.08 Å². The third kappa shape index (κ3) is 6.97. The average molecular weight is 513 g/mol. The average Bonchev–Trinajstić information content (AvgIpc) is 2.92. The van der Waals surface area contributed by atoms with E-state index in [1.165, 1.54) is 6.08 Å². The molecule has 7 nitrogen and oxygen atoms in total. The van der Waals surface area contributed by atoms with E-state index in [4.69, 9.17) is 20.2 Å². The molecule has 0 fully saturated rings. The topological polar surface area (TPSA) is 116 Å². The summed E-state index contributed by atoms with van der Waals surface area (Å²) in [4.78, 5) is 13.1. The number of hydrogen-bond donors (Lipinski definition) is 3. The van der Waals surface area contributed by atoms with Gasteiger partial charge >= 0.3 is 7.60 Å². The molecule has 0 aliphatic heterocycles. The second kappa shape index (κ2) is 11.9. The van der Waals surface area contributed by atoms with Crippen molar-refractivity contribution in [2.75, 3.05) is 0 Å². The number of carbonyl (C=O) groups excluding carboxylic acids is 1. The summed E-state index contributed by atoms with van der Waals surface area (Å²) in [6, 6.07) is 33.4. The van der Waals surface area contributed by atoms with E-state index in [0.717, 1.165) is 5.56 Å². The molecule has 37 heavy (non-hydrogen) atoms. The summed E-state index contributed by atoms with van der Waals surface area (Å²) in [6.45, 7) is 0. The van der Waals surface area contributed by atoms with Crippen molar-refractivity contribution in [2.24, 2.45) is 5.73 Å². The first kappa shape index (κ1) is 25.5. The van der Waals surface area contributed by atoms with Gasteiger partial charge in [0.05, 0.1) is 5.56 Å². The third-order valence-corrected chi connectivity index (χ3v) is 7.32. The lowest BCUT2D eigenvalue weighted by Gasteiger charge is -2.28. The third-order valence-electron chi connectivity index (χ3n) is 5.33. The SMILES string of the molecule is NC(=[NH2+])c1ccc(C(NC(=O)/C=C/c2ccccc2)P(=O)(Oc2ccccc2)Oc2ccccc2)cc1. The fourth-order valence-electron chi connectivity index (χ4n) is 3.50. The standard InChI is InChI=1S/C29H26N3O4P/c30-28(31)23-17-19-24(20-18-23)29(32-27(33)21-16-22-10-4-1-5-11-22)37(34,35-25-12-6-2-7-13-25)36-26-14-8-3-9-15-26/h1-21,29H,(H3,30,31)(H,32,33)/p+1/b21-16+. The Kier molecular flexibility index (Phi) is 8.18. The molecule has 4 aromatic carbocycles. The van der Waals surface area contributed by atoms with Crippen molar-refractivity contribution < 1.29 is 23.8 Å². The molecule has 0 radical (unpaired) electrons. The number of nitrogens with one attached hydrogen (secondary N) is 1. The summed E-state index contributed by atoms with van der Waals surface area (Å²) < 4.78 is 26.6. The molecule has 4 aromatic rings. The Morgan fingerprint density at radius 1 is 0.784 bits per heavy atom. The van der Waals surface area contributed by atoms with E-state index < -0.39 is 19.3 Å². The number of rotatable bonds is 10. The maximum atomic E-state index is 14.5. The van der Waals surface area contributed by atoms with Crippen LogP contribution in [0.3, 0.4) is 0 Å². The Hall–Kier alpha value is -4.61. The molecule has 0 saturated heterocycles. The Morgan fingerprint density at radius 2 is 1.27 bits per heavy atom. The highest BCUT2D eigenvalue weighted by atomic mass is 31.2. The van der Waals surface area contributed by atoms with Gasteiger partial charge in [-0.05, 0) is 53.6 Å². The normalized spacial score (nSPS) is 12.0. The molecule has 1 amide bonds. The van der Waals surface area contributed by atoms with Gasteiger partial charge in [-0.15, -0.1) is 0 Å². The van der Waals surface area contributed by atoms with Crippen LogP contribution in [-0.4, -0.2) is 11.7 Å². The van der Waals surface area contributed by atoms with Gasteiger partial charge in [0.25, 0.3) is 5.84 Å². The van der Waals surface area contributed by atoms with Crippen LogP contribution in [0.5, 0.6) is 11.5 Å². The van der Waals surface area contributed by atoms with Crippen molar-refractivity contribution in [1.29, 1.82) is 0 Å². The molecule has 0 bridgehead atoms. The molecule has 186 valence electrons. The molecular weight excluding hydrogens is 485 g/mol. The Balaban J connectivity index is 1.74. The van der Waals surface area contributed by atoms with Crippen molar-refractivity contribution in [3.05, 3.63) is 138 Å². The highest BCUT2D eigenvalue weighted by Crippen LogP contribution is 2.59. The van der Waals surface area contributed by atoms with Crippen molar-refractivity contribution in [3.8, 4) is 11.5 Å². The highest BCUT2D eigenvalue weighted by Gasteiger charge is 2.42. The second-order valence-corrected chi connectivity index (χ2v) is 10.0. The van der Waals surface area contributed by atoms with E-state index in [-0.39, 0.29) is 5.84 Å². The number of nitrogens with two attached hydrogens (primary N) is 2. The number of amides is 1. The molecular formula is C29H27N3O4P+. The monoisotopic (exact) mass is 512 g/mol. The maximum absolute atomic E-state index is 14.5. The molecule has 0 aromatic heterocycles. The zero-order chi connectivity index (χ0) is 26.1. The van der Waals surface area contributed by atoms with Crippen molar-refractivity contribution in [1.82, 2.24) is 5.32 Å². The molecule has 0 heterocycles. The number of amidine groups is 1. The fraction of sp³-hybridized carbons (Fsp3) is 0.0345. The zero-order valence-corrected chi connectivity index (χ0v) is 20.8. The van der Waals surface area contributed by atoms with Gasteiger partial charge in [0.2, 0.25) is 5.91 Å². The van der Waals surface area contributed by atoms with Crippen LogP contribution in [0.4, 0.5) is 0 Å². The van der Waals surface area contributed by atoms with Crippen LogP contribution in [0, 0.1) is 0 Å². The van der Waals surface area contributed by atoms with E-state index in [9.17, 15) is 9.36 Å². The molecule has 5 N–H and O–H groups in total. The van der Waals surface area contributed by atoms with Gasteiger partial charge < -0.3 is 14.4 Å². The van der Waals surface area contributed by atoms with Crippen molar-refractivity contribution in [2.45, 2.75) is 5.78 Å². The summed E-state index contributed by atoms with van der Waals surface area (Å²) >= 11 is 0. The maximum Gasteiger partial charge on any atom is 0.457 e. The number of carbonyl (C=O) groups is 1. The van der Waals surface area contributed by atoms with Crippen LogP contribution < -0.4 is 25.5 Å². The van der Waals surface area contributed by atoms with Crippen LogP contribution in [0.15, 0.2) is 121 Å². The summed E-state index contributed by atoms with van der Waals surface area (Å²) in [6.07, 6.45) is 3.04. The summed E-state index contributed by atoms with van der Waals surface area (Å²) in [5.41, 5.74) is 7.65. The lowest BCUT2D eigenvalue weighted by molar-refractivity contribution is -0.117. The van der Waals surface area contributed by atoms with E-state index in [1.807, 2.05) is 42.5 Å². The number of hydrogen-bond acceptors (Lipinski definition) is 4. The molecule has 0 spiro atoms. The molecule has 1 atom stereocenters. The quantitative estimate of drug-likeness (QED) is 0.127. The van der Waals surface area contributed by atoms with E-state index >= 15 is 0 Å². The van der Waals surface area contributed by atoms with Gasteiger partial charge in [-0.2, -0.15) is 0 Å². The van der Waals surface area contributed by atoms with Crippen molar-refractivity contribution in [3.63, 3.8) is 0 Å². The second-order valence-electron chi connectivity index (χ2n) is 8.08. The van der Waals surface area contributed by atoms with Gasteiger partial charge in [-0.25, -0.2) is 4.57 Å². The van der Waals surface area contributed by atoms with E-state index in [1.54, 1.807) is 78.9 Å². The summed E-state index contributed by atoms with van der Waals surface area (Å²) in [7, 11) is -4.12. The molecule has 0 aliphatic rings. The minimum atomic E-state index is -4.12. The molecule has 1 unspecified atom stereocenters. The Bertz CT molecular complexity index is 1360. The first-order valence-corrected chi connectivity index (χ1v) is 13.1. The minimum absolute atomic E-state index is 0.141. The summed E-state index contributed by atoms with van der Waals surface area (Å²) in [5, 5.41) is 8.54.